The Morgan fingerprint density at radius 3 is 2.55 bits per heavy atom. The highest BCUT2D eigenvalue weighted by molar-refractivity contribution is 5.99. The van der Waals surface area contributed by atoms with Gasteiger partial charge < -0.3 is 19.4 Å². The molecule has 1 aromatic heterocycles. The van der Waals surface area contributed by atoms with Gasteiger partial charge in [-0.1, -0.05) is 42.5 Å². The Hall–Kier alpha value is -2.63. The van der Waals surface area contributed by atoms with Gasteiger partial charge in [0, 0.05) is 42.5 Å². The molecule has 0 atom stereocenters. The van der Waals surface area contributed by atoms with Crippen LogP contribution in [0.15, 0.2) is 52.9 Å². The molecule has 1 aliphatic heterocycles. The van der Waals surface area contributed by atoms with E-state index in [9.17, 15) is 4.79 Å². The fourth-order valence-corrected chi connectivity index (χ4v) is 4.01. The number of likely N-dealkylation sites (tertiary alicyclic amines) is 1. The number of ether oxygens (including phenoxy) is 1. The first-order valence-corrected chi connectivity index (χ1v) is 10.5. The average Bonchev–Trinajstić information content (AvgIpc) is 3.39. The van der Waals surface area contributed by atoms with E-state index in [1.54, 1.807) is 4.90 Å². The van der Waals surface area contributed by atoms with Gasteiger partial charge in [-0.05, 0) is 18.6 Å². The quantitative estimate of drug-likeness (QED) is 0.618. The van der Waals surface area contributed by atoms with Crippen LogP contribution in [-0.2, 0) is 24.4 Å². The number of amides is 1. The van der Waals surface area contributed by atoms with Crippen molar-refractivity contribution >= 4 is 16.9 Å². The van der Waals surface area contributed by atoms with E-state index in [1.807, 2.05) is 31.2 Å². The van der Waals surface area contributed by atoms with E-state index < -0.39 is 0 Å². The molecular formula is C24H29N2O3+. The smallest absolute Gasteiger partial charge is 0.287 e. The Morgan fingerprint density at radius 1 is 1.07 bits per heavy atom. The summed E-state index contributed by atoms with van der Waals surface area (Å²) in [5.41, 5.74) is 3.96. The zero-order chi connectivity index (χ0) is 20.1. The van der Waals surface area contributed by atoms with Crippen molar-refractivity contribution < 1.29 is 18.8 Å². The third-order valence-corrected chi connectivity index (χ3v) is 5.60. The zero-order valence-corrected chi connectivity index (χ0v) is 17.0. The minimum Gasteiger partial charge on any atom is -0.451 e. The first-order valence-electron chi connectivity index (χ1n) is 10.5. The lowest BCUT2D eigenvalue weighted by Gasteiger charge is -2.12. The lowest BCUT2D eigenvalue weighted by Crippen LogP contribution is -3.08. The maximum atomic E-state index is 12.8. The normalized spacial score (nSPS) is 14.5. The zero-order valence-electron chi connectivity index (χ0n) is 17.0. The number of quaternary nitrogens is 1. The molecule has 0 radical (unpaired) electrons. The van der Waals surface area contributed by atoms with Crippen molar-refractivity contribution in [1.82, 2.24) is 5.32 Å². The molecule has 1 amide bonds. The van der Waals surface area contributed by atoms with Crippen LogP contribution in [0.1, 0.15) is 47.0 Å². The van der Waals surface area contributed by atoms with Gasteiger partial charge in [0.05, 0.1) is 19.7 Å². The molecule has 1 aliphatic rings. The molecule has 0 aliphatic carbocycles. The predicted octanol–water partition coefficient (Wildman–Crippen LogP) is 3.08. The van der Waals surface area contributed by atoms with Crippen LogP contribution in [-0.4, -0.2) is 25.6 Å². The van der Waals surface area contributed by atoms with Gasteiger partial charge in [-0.3, -0.25) is 4.79 Å². The van der Waals surface area contributed by atoms with Gasteiger partial charge in [-0.15, -0.1) is 0 Å². The number of hydrogen-bond donors (Lipinski definition) is 2. The second-order valence-corrected chi connectivity index (χ2v) is 7.68. The number of para-hydroxylation sites is 1. The summed E-state index contributed by atoms with van der Waals surface area (Å²) >= 11 is 0. The third-order valence-electron chi connectivity index (χ3n) is 5.60. The lowest BCUT2D eigenvalue weighted by atomic mass is 10.1. The number of furan rings is 1. The first kappa shape index (κ1) is 19.7. The van der Waals surface area contributed by atoms with Crippen molar-refractivity contribution in [2.75, 3.05) is 19.7 Å². The molecule has 0 spiro atoms. The van der Waals surface area contributed by atoms with Crippen LogP contribution in [0.25, 0.3) is 11.0 Å². The molecule has 5 heteroatoms. The Labute approximate surface area is 171 Å². The summed E-state index contributed by atoms with van der Waals surface area (Å²) < 4.78 is 11.4. The Balaban J connectivity index is 1.41. The van der Waals surface area contributed by atoms with Crippen LogP contribution in [0.5, 0.6) is 0 Å². The number of rotatable bonds is 8. The highest BCUT2D eigenvalue weighted by Crippen LogP contribution is 2.26. The average molecular weight is 394 g/mol. The van der Waals surface area contributed by atoms with Crippen molar-refractivity contribution in [3.05, 3.63) is 71.0 Å². The number of carbonyl (C=O) groups is 1. The second-order valence-electron chi connectivity index (χ2n) is 7.68. The number of benzene rings is 2. The molecule has 1 saturated heterocycles. The van der Waals surface area contributed by atoms with Crippen LogP contribution in [0, 0.1) is 0 Å². The highest BCUT2D eigenvalue weighted by atomic mass is 16.5. The SMILES string of the molecule is CCOCc1c(C(=O)NCc2ccc(C[NH+]3CCCC3)cc2)oc2ccccc12. The lowest BCUT2D eigenvalue weighted by molar-refractivity contribution is -0.901. The fourth-order valence-electron chi connectivity index (χ4n) is 4.01. The van der Waals surface area contributed by atoms with Gasteiger partial charge in [-0.2, -0.15) is 0 Å². The molecule has 2 heterocycles. The van der Waals surface area contributed by atoms with Crippen LogP contribution >= 0.6 is 0 Å². The maximum Gasteiger partial charge on any atom is 0.287 e. The van der Waals surface area contributed by atoms with Crippen molar-refractivity contribution in [3.63, 3.8) is 0 Å². The molecule has 2 N–H and O–H groups in total. The summed E-state index contributed by atoms with van der Waals surface area (Å²) in [4.78, 5) is 14.5. The minimum absolute atomic E-state index is 0.207. The summed E-state index contributed by atoms with van der Waals surface area (Å²) in [6.45, 7) is 7.01. The van der Waals surface area contributed by atoms with E-state index in [-0.39, 0.29) is 5.91 Å². The van der Waals surface area contributed by atoms with Gasteiger partial charge in [0.15, 0.2) is 5.76 Å². The third kappa shape index (κ3) is 4.69. The number of hydrogen-bond acceptors (Lipinski definition) is 3. The van der Waals surface area contributed by atoms with E-state index in [4.69, 9.17) is 9.15 Å². The van der Waals surface area contributed by atoms with Crippen LogP contribution < -0.4 is 10.2 Å². The molecule has 1 fully saturated rings. The van der Waals surface area contributed by atoms with E-state index in [1.165, 1.54) is 31.5 Å². The van der Waals surface area contributed by atoms with Gasteiger partial charge in [-0.25, -0.2) is 0 Å². The molecule has 0 bridgehead atoms. The number of fused-ring (bicyclic) bond motifs is 1. The molecule has 29 heavy (non-hydrogen) atoms. The second kappa shape index (κ2) is 9.25. The van der Waals surface area contributed by atoms with Crippen LogP contribution in [0.3, 0.4) is 0 Å². The summed E-state index contributed by atoms with van der Waals surface area (Å²) in [5, 5.41) is 3.92. The number of carbonyl (C=O) groups excluding carboxylic acids is 1. The highest BCUT2D eigenvalue weighted by Gasteiger charge is 2.20. The molecule has 152 valence electrons. The standard InChI is InChI=1S/C24H28N2O3/c1-2-28-17-21-20-7-3-4-8-22(20)29-23(21)24(27)25-15-18-9-11-19(12-10-18)16-26-13-5-6-14-26/h3-4,7-12H,2,5-6,13-17H2,1H3,(H,25,27)/p+1. The Bertz CT molecular complexity index is 956. The van der Waals surface area contributed by atoms with E-state index >= 15 is 0 Å². The van der Waals surface area contributed by atoms with Gasteiger partial charge in [0.2, 0.25) is 0 Å². The van der Waals surface area contributed by atoms with Crippen molar-refractivity contribution in [1.29, 1.82) is 0 Å². The molecule has 4 rings (SSSR count). The number of nitrogens with one attached hydrogen (secondary N) is 2. The molecule has 0 unspecified atom stereocenters. The summed E-state index contributed by atoms with van der Waals surface area (Å²) in [5.74, 6) is 0.135. The molecule has 0 saturated carbocycles. The predicted molar refractivity (Wildman–Crippen MR) is 113 cm³/mol. The molecule has 2 aromatic carbocycles. The fraction of sp³-hybridized carbons (Fsp3) is 0.375. The van der Waals surface area contributed by atoms with Crippen LogP contribution in [0.4, 0.5) is 0 Å². The van der Waals surface area contributed by atoms with Crippen LogP contribution in [0.2, 0.25) is 0 Å². The summed E-state index contributed by atoms with van der Waals surface area (Å²) in [6, 6.07) is 16.2. The largest absolute Gasteiger partial charge is 0.451 e. The van der Waals surface area contributed by atoms with Crippen molar-refractivity contribution in [3.8, 4) is 0 Å². The topological polar surface area (TPSA) is 55.9 Å². The van der Waals surface area contributed by atoms with Gasteiger partial charge in [0.1, 0.15) is 12.1 Å². The Morgan fingerprint density at radius 2 is 1.79 bits per heavy atom. The molecular weight excluding hydrogens is 364 g/mol. The van der Waals surface area contributed by atoms with Gasteiger partial charge in [0.25, 0.3) is 5.91 Å². The molecule has 3 aromatic rings. The summed E-state index contributed by atoms with van der Waals surface area (Å²) in [7, 11) is 0. The molecule has 5 nitrogen and oxygen atoms in total. The van der Waals surface area contributed by atoms with E-state index in [0.29, 0.717) is 31.1 Å². The Kier molecular flexibility index (Phi) is 6.27. The minimum atomic E-state index is -0.207. The van der Waals surface area contributed by atoms with Gasteiger partial charge >= 0.3 is 0 Å². The monoisotopic (exact) mass is 393 g/mol. The van der Waals surface area contributed by atoms with Crippen molar-refractivity contribution in [2.24, 2.45) is 0 Å². The maximum absolute atomic E-state index is 12.8. The van der Waals surface area contributed by atoms with Crippen molar-refractivity contribution in [2.45, 2.75) is 39.5 Å². The van der Waals surface area contributed by atoms with E-state index in [2.05, 4.69) is 29.6 Å². The summed E-state index contributed by atoms with van der Waals surface area (Å²) in [6.07, 6.45) is 2.68. The van der Waals surface area contributed by atoms with E-state index in [0.717, 1.165) is 23.1 Å². The first-order chi connectivity index (χ1) is 14.2.